The Bertz CT molecular complexity index is 2980. The summed E-state index contributed by atoms with van der Waals surface area (Å²) in [4.78, 5) is 193. The minimum absolute atomic E-state index is 0.00134. The predicted molar refractivity (Wildman–Crippen MR) is 379 cm³/mol. The standard InChI is InChI=1S/C74H120ClF3N12O12/c1-14-25-54-69(99)90-39-33-55(90)67(97)85(11)57(42-48-26-18-16-19-27-48)66(96)82(8)44-59(91)79-52(32-30-49-29-31-50(51(75)41-49)74(76,77)78)65(95)89-38-24-28-53(89)64(94)81-73(34-20-21-35-73)72(102)87(13)62(46(5)6)71(101)86(12)58(68(98)88-36-22-17-23-37-88)43-60(92)83(9)56(40-45(3)4)63(93)80-61(47(7)15-2)70(100)84(54)10/h45-58,61-62H,14-44H2,1-13H3,(H,79,91)(H,80,93)(H,81,94)/t47-,49?,50?,51?,52-,53-,54-,55-,56-,57-,58-,61-,62-/m0/s1. The van der Waals surface area contributed by atoms with Crippen molar-refractivity contribution >= 4 is 82.5 Å². The molecule has 28 heteroatoms. The van der Waals surface area contributed by atoms with E-state index in [1.54, 1.807) is 25.7 Å². The van der Waals surface area contributed by atoms with Crippen molar-refractivity contribution in [1.82, 2.24) is 60.0 Å². The van der Waals surface area contributed by atoms with E-state index in [0.717, 1.165) is 38.5 Å². The Kier molecular flexibility index (Phi) is 29.8. The van der Waals surface area contributed by atoms with E-state index in [9.17, 15) is 18.0 Å². The molecule has 24 nitrogen and oxygen atoms in total. The van der Waals surface area contributed by atoms with Crippen LogP contribution in [0.3, 0.4) is 0 Å². The van der Waals surface area contributed by atoms with E-state index in [0.29, 0.717) is 58.0 Å². The van der Waals surface area contributed by atoms with E-state index in [4.69, 9.17) is 11.6 Å². The zero-order valence-corrected chi connectivity index (χ0v) is 63.8. The summed E-state index contributed by atoms with van der Waals surface area (Å²) in [5, 5.41) is 7.67. The Morgan fingerprint density at radius 1 is 0.578 bits per heavy atom. The molecule has 7 rings (SSSR count). The number of likely N-dealkylation sites (N-methyl/N-ethyl adjacent to an activating group) is 6. The molecule has 4 aliphatic heterocycles. The van der Waals surface area contributed by atoms with Gasteiger partial charge < -0.3 is 60.0 Å². The second kappa shape index (κ2) is 36.6. The fourth-order valence-corrected chi connectivity index (χ4v) is 17.5. The van der Waals surface area contributed by atoms with Gasteiger partial charge in [-0.2, -0.15) is 13.2 Å². The lowest BCUT2D eigenvalue weighted by Crippen LogP contribution is -2.65. The zero-order valence-electron chi connectivity index (χ0n) is 63.1. The third-order valence-corrected chi connectivity index (χ3v) is 24.1. The summed E-state index contributed by atoms with van der Waals surface area (Å²) in [5.74, 6) is -10.6. The van der Waals surface area contributed by atoms with Crippen molar-refractivity contribution < 1.29 is 70.7 Å². The number of hydrogen-bond donors (Lipinski definition) is 3. The van der Waals surface area contributed by atoms with Gasteiger partial charge >= 0.3 is 6.18 Å². The van der Waals surface area contributed by atoms with Gasteiger partial charge in [0.25, 0.3) is 0 Å². The first-order valence-electron chi connectivity index (χ1n) is 38.2. The first-order valence-corrected chi connectivity index (χ1v) is 38.6. The second-order valence-electron chi connectivity index (χ2n) is 31.7. The zero-order chi connectivity index (χ0) is 75.4. The molecule has 13 atom stereocenters. The molecule has 3 saturated carbocycles. The van der Waals surface area contributed by atoms with Crippen LogP contribution in [-0.2, 0) is 57.5 Å². The van der Waals surface area contributed by atoms with Gasteiger partial charge in [-0.05, 0) is 132 Å². The van der Waals surface area contributed by atoms with Crippen molar-refractivity contribution in [3.63, 3.8) is 0 Å². The lowest BCUT2D eigenvalue weighted by Gasteiger charge is -2.46. The molecule has 12 amide bonds. The minimum Gasteiger partial charge on any atom is -0.343 e. The molecule has 1 spiro atoms. The van der Waals surface area contributed by atoms with Gasteiger partial charge in [0.05, 0.1) is 18.9 Å². The molecule has 3 aliphatic carbocycles. The average molecular weight is 1460 g/mol. The number of alkyl halides is 4. The van der Waals surface area contributed by atoms with Gasteiger partial charge in [0, 0.05) is 73.8 Å². The summed E-state index contributed by atoms with van der Waals surface area (Å²) in [6, 6.07) is -10.7. The largest absolute Gasteiger partial charge is 0.393 e. The van der Waals surface area contributed by atoms with E-state index in [1.165, 1.54) is 81.5 Å². The van der Waals surface area contributed by atoms with Crippen LogP contribution < -0.4 is 16.0 Å². The smallest absolute Gasteiger partial charge is 0.343 e. The molecule has 102 heavy (non-hydrogen) atoms. The third kappa shape index (κ3) is 19.8. The Morgan fingerprint density at radius 3 is 1.78 bits per heavy atom. The number of fused-ring (bicyclic) bond motifs is 2. The van der Waals surface area contributed by atoms with Gasteiger partial charge in [-0.3, -0.25) is 57.5 Å². The molecule has 4 heterocycles. The van der Waals surface area contributed by atoms with Gasteiger partial charge in [-0.1, -0.05) is 106 Å². The molecule has 3 N–H and O–H groups in total. The molecule has 3 unspecified atom stereocenters. The maximum Gasteiger partial charge on any atom is 0.393 e. The van der Waals surface area contributed by atoms with Crippen molar-refractivity contribution in [2.45, 2.75) is 287 Å². The quantitative estimate of drug-likeness (QED) is 0.160. The number of likely N-dealkylation sites (tertiary alicyclic amines) is 1. The molecule has 7 aliphatic rings. The summed E-state index contributed by atoms with van der Waals surface area (Å²) in [6.07, 6.45) is 5.24. The van der Waals surface area contributed by atoms with Crippen LogP contribution in [0.2, 0.25) is 0 Å². The van der Waals surface area contributed by atoms with Gasteiger partial charge in [0.1, 0.15) is 59.9 Å². The van der Waals surface area contributed by atoms with Crippen LogP contribution in [0.4, 0.5) is 13.2 Å². The van der Waals surface area contributed by atoms with E-state index in [-0.39, 0.29) is 108 Å². The van der Waals surface area contributed by atoms with Crippen LogP contribution in [0, 0.1) is 35.5 Å². The lowest BCUT2D eigenvalue weighted by molar-refractivity contribution is -0.182. The van der Waals surface area contributed by atoms with Crippen molar-refractivity contribution in [1.29, 1.82) is 0 Å². The van der Waals surface area contributed by atoms with Crippen molar-refractivity contribution in [3.05, 3.63) is 0 Å². The van der Waals surface area contributed by atoms with Crippen LogP contribution in [0.15, 0.2) is 0 Å². The Morgan fingerprint density at radius 2 is 1.21 bits per heavy atom. The molecule has 576 valence electrons. The molecule has 0 bridgehead atoms. The number of halogens is 4. The highest BCUT2D eigenvalue weighted by Gasteiger charge is 2.53. The highest BCUT2D eigenvalue weighted by atomic mass is 35.5. The highest BCUT2D eigenvalue weighted by molar-refractivity contribution is 6.21. The van der Waals surface area contributed by atoms with Crippen molar-refractivity contribution in [2.75, 3.05) is 75.0 Å². The summed E-state index contributed by atoms with van der Waals surface area (Å²) >= 11 is 6.42. The van der Waals surface area contributed by atoms with E-state index in [1.807, 2.05) is 27.7 Å². The minimum atomic E-state index is -4.51. The average Bonchev–Trinajstić information content (AvgIpc) is 1.40. The molecular formula is C74H120ClF3N12O12. The van der Waals surface area contributed by atoms with E-state index < -0.39 is 173 Å². The van der Waals surface area contributed by atoms with Crippen molar-refractivity contribution in [2.24, 2.45) is 35.5 Å². The fraction of sp³-hybridized carbons (Fsp3) is 0.838. The molecule has 0 aromatic rings. The fourth-order valence-electron chi connectivity index (χ4n) is 17.0. The monoisotopic (exact) mass is 1460 g/mol. The topological polar surface area (TPSA) is 270 Å². The number of amides is 12. The van der Waals surface area contributed by atoms with E-state index >= 15 is 52.7 Å². The number of nitrogens with one attached hydrogen (secondary N) is 3. The number of carbonyl (C=O) groups excluding carboxylic acids is 12. The molecule has 0 aromatic heterocycles. The first-order chi connectivity index (χ1) is 48.1. The Labute approximate surface area is 608 Å². The van der Waals surface area contributed by atoms with Gasteiger partial charge in [0.15, 0.2) is 0 Å². The second-order valence-corrected chi connectivity index (χ2v) is 32.2. The third-order valence-electron chi connectivity index (χ3n) is 23.6. The number of carbonyl (C=O) groups is 12. The van der Waals surface area contributed by atoms with Crippen LogP contribution in [0.25, 0.3) is 0 Å². The number of rotatable bonds is 13. The molecule has 4 saturated heterocycles. The summed E-state index contributed by atoms with van der Waals surface area (Å²) in [6.45, 7) is 13.2. The van der Waals surface area contributed by atoms with Gasteiger partial charge in [-0.15, -0.1) is 11.6 Å². The Hall–Kier alpha value is -6.28. The van der Waals surface area contributed by atoms with E-state index in [2.05, 4.69) is 16.0 Å². The Balaban J connectivity index is 1.29. The normalized spacial score (nSPS) is 30.6. The summed E-state index contributed by atoms with van der Waals surface area (Å²) in [7, 11) is 8.77. The van der Waals surface area contributed by atoms with Crippen LogP contribution >= 0.6 is 11.6 Å². The highest BCUT2D eigenvalue weighted by Crippen LogP contribution is 2.44. The summed E-state index contributed by atoms with van der Waals surface area (Å²) < 4.78 is 42.1. The van der Waals surface area contributed by atoms with Gasteiger partial charge in [0.2, 0.25) is 70.9 Å². The molecule has 7 fully saturated rings. The maximum atomic E-state index is 15.5. The van der Waals surface area contributed by atoms with Crippen LogP contribution in [-0.4, -0.2) is 261 Å². The lowest BCUT2D eigenvalue weighted by atomic mass is 9.78. The SMILES string of the molecule is CCC[C@H]1C(=O)N2CC[C@H]2C(=O)N(C)[C@@H](CC2CCCCC2)C(=O)N(C)CC(=O)N[C@@H](CCC2CCC(C(F)(F)F)C(Cl)C2)C(=O)N2CCC[C@H]2C(=O)NC2(CCCC2)C(=O)N(C)[C@@H](C(C)C)C(=O)N(C)[C@H](C(=O)N2CCCCC2)CC(=O)N(C)[C@@H](CC(C)C)C(=O)N[C@@H]([C@@H](C)CC)C(=O)N1C. The van der Waals surface area contributed by atoms with Gasteiger partial charge in [-0.25, -0.2) is 0 Å². The first kappa shape index (κ1) is 83.0. The number of piperidine rings is 1. The van der Waals surface area contributed by atoms with Crippen LogP contribution in [0.5, 0.6) is 0 Å². The number of hydrogen-bond acceptors (Lipinski definition) is 12. The van der Waals surface area contributed by atoms with Crippen LogP contribution in [0.1, 0.15) is 215 Å². The molecule has 0 radical (unpaired) electrons. The number of nitrogens with zero attached hydrogens (tertiary/aromatic N) is 9. The maximum absolute atomic E-state index is 15.5. The summed E-state index contributed by atoms with van der Waals surface area (Å²) in [5.41, 5.74) is -1.56. The van der Waals surface area contributed by atoms with Crippen molar-refractivity contribution in [3.8, 4) is 0 Å². The predicted octanol–water partition coefficient (Wildman–Crippen LogP) is 6.87. The molecular weight excluding hydrogens is 1340 g/mol. The molecule has 0 aromatic carbocycles.